The van der Waals surface area contributed by atoms with Crippen molar-refractivity contribution >= 4 is 34.1 Å². The topological polar surface area (TPSA) is 54.5 Å². The molecule has 0 unspecified atom stereocenters. The van der Waals surface area contributed by atoms with Gasteiger partial charge in [0.2, 0.25) is 5.91 Å². The number of hydrogen-bond acceptors (Lipinski definition) is 4. The fraction of sp³-hybridized carbons (Fsp3) is 0.273. The zero-order valence-corrected chi connectivity index (χ0v) is 17.3. The van der Waals surface area contributed by atoms with Crippen LogP contribution in [0.15, 0.2) is 42.5 Å². The van der Waals surface area contributed by atoms with Gasteiger partial charge in [-0.05, 0) is 56.3 Å². The molecule has 0 bridgehead atoms. The van der Waals surface area contributed by atoms with Crippen molar-refractivity contribution in [2.75, 3.05) is 26.0 Å². The number of likely N-dealkylation sites (N-methyl/N-ethyl adjacent to an activating group) is 1. The van der Waals surface area contributed by atoms with Gasteiger partial charge in [0, 0.05) is 29.2 Å². The van der Waals surface area contributed by atoms with Crippen molar-refractivity contribution in [3.63, 3.8) is 0 Å². The summed E-state index contributed by atoms with van der Waals surface area (Å²) in [5.74, 6) is 0.676. The number of fused-ring (bicyclic) bond motifs is 1. The van der Waals surface area contributed by atoms with Crippen LogP contribution in [-0.2, 0) is 11.3 Å². The van der Waals surface area contributed by atoms with E-state index in [1.807, 2.05) is 68.3 Å². The highest BCUT2D eigenvalue weighted by Crippen LogP contribution is 2.25. The van der Waals surface area contributed by atoms with E-state index >= 15 is 0 Å². The molecule has 6 heteroatoms. The zero-order valence-electron chi connectivity index (χ0n) is 16.5. The maximum atomic E-state index is 12.4. The van der Waals surface area contributed by atoms with Crippen LogP contribution < -0.4 is 10.1 Å². The van der Waals surface area contributed by atoms with E-state index in [9.17, 15) is 4.79 Å². The molecule has 3 rings (SSSR count). The summed E-state index contributed by atoms with van der Waals surface area (Å²) in [6.45, 7) is 4.81. The van der Waals surface area contributed by atoms with Crippen molar-refractivity contribution in [3.8, 4) is 5.75 Å². The molecule has 0 saturated heterocycles. The summed E-state index contributed by atoms with van der Waals surface area (Å²) < 4.78 is 5.23. The van der Waals surface area contributed by atoms with Crippen LogP contribution in [0.1, 0.15) is 16.7 Å². The van der Waals surface area contributed by atoms with Crippen molar-refractivity contribution in [1.82, 2.24) is 9.88 Å². The number of carbonyl (C=O) groups is 1. The molecular weight excluding hydrogens is 374 g/mol. The van der Waals surface area contributed by atoms with Gasteiger partial charge in [0.15, 0.2) is 0 Å². The molecule has 0 saturated carbocycles. The first-order valence-electron chi connectivity index (χ1n) is 9.05. The van der Waals surface area contributed by atoms with Gasteiger partial charge in [0.25, 0.3) is 0 Å². The van der Waals surface area contributed by atoms with Gasteiger partial charge in [-0.3, -0.25) is 9.69 Å². The van der Waals surface area contributed by atoms with E-state index in [0.29, 0.717) is 11.7 Å². The van der Waals surface area contributed by atoms with Crippen LogP contribution in [0.2, 0.25) is 5.15 Å². The van der Waals surface area contributed by atoms with Crippen LogP contribution in [0, 0.1) is 13.8 Å². The molecule has 146 valence electrons. The lowest BCUT2D eigenvalue weighted by molar-refractivity contribution is -0.117. The summed E-state index contributed by atoms with van der Waals surface area (Å²) in [4.78, 5) is 18.8. The molecule has 1 heterocycles. The third kappa shape index (κ3) is 4.61. The predicted molar refractivity (Wildman–Crippen MR) is 114 cm³/mol. The standard InChI is InChI=1S/C22H24ClN3O2/c1-14-6-5-7-19(15(14)2)24-21(27)13-26(3)12-17-10-16-8-9-18(28-4)11-20(16)25-22(17)23/h5-11H,12-13H2,1-4H3,(H,24,27). The molecule has 0 aliphatic rings. The minimum atomic E-state index is -0.0641. The molecule has 1 amide bonds. The number of halogens is 1. The Morgan fingerprint density at radius 2 is 2.00 bits per heavy atom. The fourth-order valence-corrected chi connectivity index (χ4v) is 3.28. The van der Waals surface area contributed by atoms with E-state index in [4.69, 9.17) is 16.3 Å². The minimum absolute atomic E-state index is 0.0641. The molecule has 0 radical (unpaired) electrons. The lowest BCUT2D eigenvalue weighted by Gasteiger charge is -2.18. The third-order valence-corrected chi connectivity index (χ3v) is 5.11. The molecule has 0 atom stereocenters. The minimum Gasteiger partial charge on any atom is -0.497 e. The smallest absolute Gasteiger partial charge is 0.238 e. The van der Waals surface area contributed by atoms with Crippen LogP contribution >= 0.6 is 11.6 Å². The molecule has 0 fully saturated rings. The second kappa shape index (κ2) is 8.59. The molecule has 3 aromatic rings. The number of nitrogens with one attached hydrogen (secondary N) is 1. The van der Waals surface area contributed by atoms with Crippen molar-refractivity contribution in [3.05, 3.63) is 64.3 Å². The average molecular weight is 398 g/mol. The van der Waals surface area contributed by atoms with Crippen LogP contribution in [0.25, 0.3) is 10.9 Å². The molecule has 28 heavy (non-hydrogen) atoms. The molecule has 0 spiro atoms. The van der Waals surface area contributed by atoms with Crippen LogP contribution in [0.5, 0.6) is 5.75 Å². The van der Waals surface area contributed by atoms with Crippen molar-refractivity contribution in [1.29, 1.82) is 0 Å². The quantitative estimate of drug-likeness (QED) is 0.618. The van der Waals surface area contributed by atoms with Gasteiger partial charge in [-0.2, -0.15) is 0 Å². The molecule has 1 aromatic heterocycles. The van der Waals surface area contributed by atoms with E-state index in [1.165, 1.54) is 0 Å². The maximum Gasteiger partial charge on any atom is 0.238 e. The van der Waals surface area contributed by atoms with Crippen LogP contribution in [0.4, 0.5) is 5.69 Å². The Labute approximate surface area is 170 Å². The summed E-state index contributed by atoms with van der Waals surface area (Å²) in [5.41, 5.74) is 4.73. The van der Waals surface area contributed by atoms with E-state index in [1.54, 1.807) is 7.11 Å². The van der Waals surface area contributed by atoms with Crippen molar-refractivity contribution in [2.24, 2.45) is 0 Å². The lowest BCUT2D eigenvalue weighted by atomic mass is 10.1. The van der Waals surface area contributed by atoms with Crippen LogP contribution in [-0.4, -0.2) is 36.5 Å². The first kappa shape index (κ1) is 20.1. The Hall–Kier alpha value is -2.63. The van der Waals surface area contributed by atoms with E-state index in [2.05, 4.69) is 10.3 Å². The Bertz CT molecular complexity index is 1020. The number of pyridine rings is 1. The number of nitrogens with zero attached hydrogens (tertiary/aromatic N) is 2. The number of benzene rings is 2. The predicted octanol–water partition coefficient (Wildman–Crippen LogP) is 4.58. The van der Waals surface area contributed by atoms with E-state index in [-0.39, 0.29) is 12.5 Å². The number of methoxy groups -OCH3 is 1. The van der Waals surface area contributed by atoms with Crippen molar-refractivity contribution < 1.29 is 9.53 Å². The highest BCUT2D eigenvalue weighted by Gasteiger charge is 2.13. The number of aromatic nitrogens is 1. The number of hydrogen-bond donors (Lipinski definition) is 1. The summed E-state index contributed by atoms with van der Waals surface area (Å²) in [7, 11) is 3.51. The SMILES string of the molecule is COc1ccc2cc(CN(C)CC(=O)Nc3cccc(C)c3C)c(Cl)nc2c1. The van der Waals surface area contributed by atoms with Crippen molar-refractivity contribution in [2.45, 2.75) is 20.4 Å². The van der Waals surface area contributed by atoms with Gasteiger partial charge in [0.1, 0.15) is 10.9 Å². The Morgan fingerprint density at radius 1 is 1.21 bits per heavy atom. The molecule has 1 N–H and O–H groups in total. The van der Waals surface area contributed by atoms with Gasteiger partial charge in [0.05, 0.1) is 19.2 Å². The number of ether oxygens (including phenoxy) is 1. The van der Waals surface area contributed by atoms with E-state index in [0.717, 1.165) is 39.0 Å². The largest absolute Gasteiger partial charge is 0.497 e. The molecular formula is C22H24ClN3O2. The number of carbonyl (C=O) groups excluding carboxylic acids is 1. The first-order chi connectivity index (χ1) is 13.4. The molecule has 0 aliphatic heterocycles. The highest BCUT2D eigenvalue weighted by molar-refractivity contribution is 6.30. The number of aryl methyl sites for hydroxylation is 1. The monoisotopic (exact) mass is 397 g/mol. The van der Waals surface area contributed by atoms with Gasteiger partial charge in [-0.15, -0.1) is 0 Å². The third-order valence-electron chi connectivity index (χ3n) is 4.78. The molecule has 5 nitrogen and oxygen atoms in total. The Morgan fingerprint density at radius 3 is 2.75 bits per heavy atom. The fourth-order valence-electron chi connectivity index (χ4n) is 3.07. The Balaban J connectivity index is 1.68. The highest BCUT2D eigenvalue weighted by atomic mass is 35.5. The second-order valence-corrected chi connectivity index (χ2v) is 7.32. The summed E-state index contributed by atoms with van der Waals surface area (Å²) >= 11 is 6.37. The van der Waals surface area contributed by atoms with E-state index < -0.39 is 0 Å². The number of anilines is 1. The lowest BCUT2D eigenvalue weighted by Crippen LogP contribution is -2.30. The second-order valence-electron chi connectivity index (χ2n) is 6.96. The molecule has 0 aliphatic carbocycles. The number of rotatable bonds is 6. The zero-order chi connectivity index (χ0) is 20.3. The number of amides is 1. The summed E-state index contributed by atoms with van der Waals surface area (Å²) in [6, 6.07) is 13.6. The Kier molecular flexibility index (Phi) is 6.17. The van der Waals surface area contributed by atoms with Gasteiger partial charge >= 0.3 is 0 Å². The molecule has 2 aromatic carbocycles. The summed E-state index contributed by atoms with van der Waals surface area (Å²) in [5, 5.41) is 4.39. The average Bonchev–Trinajstić information content (AvgIpc) is 2.65. The normalized spacial score (nSPS) is 11.1. The first-order valence-corrected chi connectivity index (χ1v) is 9.43. The van der Waals surface area contributed by atoms with Gasteiger partial charge in [-0.1, -0.05) is 23.7 Å². The van der Waals surface area contributed by atoms with Crippen LogP contribution in [0.3, 0.4) is 0 Å². The summed E-state index contributed by atoms with van der Waals surface area (Å²) in [6.07, 6.45) is 0. The van der Waals surface area contributed by atoms with Gasteiger partial charge in [-0.25, -0.2) is 4.98 Å². The van der Waals surface area contributed by atoms with Gasteiger partial charge < -0.3 is 10.1 Å². The maximum absolute atomic E-state index is 12.4.